The minimum Gasteiger partial charge on any atom is -0.380 e. The van der Waals surface area contributed by atoms with E-state index in [-0.39, 0.29) is 0 Å². The second-order valence-corrected chi connectivity index (χ2v) is 6.31. The number of nitrogens with one attached hydrogen (secondary N) is 1. The molecule has 3 nitrogen and oxygen atoms in total. The van der Waals surface area contributed by atoms with E-state index in [1.54, 1.807) is 0 Å². The van der Waals surface area contributed by atoms with Crippen molar-refractivity contribution in [3.05, 3.63) is 28.2 Å². The molecule has 1 aliphatic heterocycles. The van der Waals surface area contributed by atoms with Crippen LogP contribution in [-0.4, -0.2) is 32.8 Å². The molecule has 1 saturated heterocycles. The number of piperidine rings is 1. The van der Waals surface area contributed by atoms with Crippen LogP contribution in [-0.2, 0) is 11.3 Å². The van der Waals surface area contributed by atoms with Crippen molar-refractivity contribution < 1.29 is 4.74 Å². The molecule has 0 bridgehead atoms. The lowest BCUT2D eigenvalue weighted by Gasteiger charge is -2.35. The minimum absolute atomic E-state index is 0.360. The fraction of sp³-hybridized carbons (Fsp3) is 0.625. The van der Waals surface area contributed by atoms with Crippen molar-refractivity contribution >= 4 is 21.6 Å². The van der Waals surface area contributed by atoms with E-state index < -0.39 is 0 Å². The minimum atomic E-state index is 0.360. The summed E-state index contributed by atoms with van der Waals surface area (Å²) >= 11 is 3.60. The maximum absolute atomic E-state index is 5.54. The first-order chi connectivity index (χ1) is 9.74. The predicted molar refractivity (Wildman–Crippen MR) is 88.4 cm³/mol. The molecule has 20 heavy (non-hydrogen) atoms. The summed E-state index contributed by atoms with van der Waals surface area (Å²) in [5.74, 6) is 0. The van der Waals surface area contributed by atoms with Gasteiger partial charge in [0, 0.05) is 36.9 Å². The first-order valence-corrected chi connectivity index (χ1v) is 8.30. The molecular weight excluding hydrogens is 316 g/mol. The molecule has 0 spiro atoms. The molecule has 4 heteroatoms. The number of ether oxygens (including phenoxy) is 1. The molecule has 1 fully saturated rings. The molecule has 0 radical (unpaired) electrons. The Morgan fingerprint density at radius 3 is 3.05 bits per heavy atom. The Morgan fingerprint density at radius 2 is 2.30 bits per heavy atom. The van der Waals surface area contributed by atoms with Gasteiger partial charge in [-0.3, -0.25) is 0 Å². The zero-order chi connectivity index (χ0) is 14.4. The van der Waals surface area contributed by atoms with Crippen LogP contribution in [0.4, 0.5) is 5.69 Å². The van der Waals surface area contributed by atoms with Gasteiger partial charge in [0.2, 0.25) is 0 Å². The van der Waals surface area contributed by atoms with Gasteiger partial charge in [0.1, 0.15) is 0 Å². The van der Waals surface area contributed by atoms with Gasteiger partial charge in [0.15, 0.2) is 0 Å². The van der Waals surface area contributed by atoms with E-state index >= 15 is 0 Å². The fourth-order valence-electron chi connectivity index (χ4n) is 2.73. The number of hydrogen-bond acceptors (Lipinski definition) is 3. The highest BCUT2D eigenvalue weighted by Crippen LogP contribution is 2.28. The van der Waals surface area contributed by atoms with Crippen LogP contribution in [0.15, 0.2) is 22.7 Å². The molecule has 0 aromatic heterocycles. The highest BCUT2D eigenvalue weighted by atomic mass is 79.9. The Hall–Kier alpha value is -0.580. The van der Waals surface area contributed by atoms with E-state index in [0.29, 0.717) is 6.10 Å². The molecule has 2 rings (SSSR count). The number of hydrogen-bond donors (Lipinski definition) is 1. The Bertz CT molecular complexity index is 425. The molecule has 1 aliphatic rings. The normalized spacial score (nSPS) is 19.4. The fourth-order valence-corrected chi connectivity index (χ4v) is 3.08. The molecule has 0 aliphatic carbocycles. The zero-order valence-corrected chi connectivity index (χ0v) is 14.1. The number of benzene rings is 1. The number of methoxy groups -OCH3 is 1. The Kier molecular flexibility index (Phi) is 6.33. The third kappa shape index (κ3) is 4.21. The van der Waals surface area contributed by atoms with E-state index in [1.807, 2.05) is 7.11 Å². The summed E-state index contributed by atoms with van der Waals surface area (Å²) in [7, 11) is 1.82. The number of halogens is 1. The monoisotopic (exact) mass is 340 g/mol. The summed E-state index contributed by atoms with van der Waals surface area (Å²) in [5, 5.41) is 3.50. The van der Waals surface area contributed by atoms with Crippen LogP contribution in [0.2, 0.25) is 0 Å². The van der Waals surface area contributed by atoms with Gasteiger partial charge in [0.25, 0.3) is 0 Å². The van der Waals surface area contributed by atoms with Gasteiger partial charge in [-0.15, -0.1) is 0 Å². The van der Waals surface area contributed by atoms with E-state index in [2.05, 4.69) is 51.3 Å². The standard InChI is InChI=1S/C16H25BrN2O/c1-3-8-18-11-13-6-7-14(17)10-16(13)19-9-4-5-15(12-19)20-2/h6-7,10,15,18H,3-5,8-9,11-12H2,1-2H3. The average Bonchev–Trinajstić information content (AvgIpc) is 2.49. The van der Waals surface area contributed by atoms with Crippen LogP contribution >= 0.6 is 15.9 Å². The molecule has 112 valence electrons. The van der Waals surface area contributed by atoms with Crippen LogP contribution in [0.1, 0.15) is 31.7 Å². The van der Waals surface area contributed by atoms with E-state index in [1.165, 1.54) is 30.5 Å². The largest absolute Gasteiger partial charge is 0.380 e. The van der Waals surface area contributed by atoms with Gasteiger partial charge in [-0.25, -0.2) is 0 Å². The van der Waals surface area contributed by atoms with E-state index in [0.717, 1.165) is 30.7 Å². The van der Waals surface area contributed by atoms with Crippen molar-refractivity contribution in [2.75, 3.05) is 31.6 Å². The average molecular weight is 341 g/mol. The molecule has 1 heterocycles. The Balaban J connectivity index is 2.13. The number of nitrogens with zero attached hydrogens (tertiary/aromatic N) is 1. The van der Waals surface area contributed by atoms with Crippen molar-refractivity contribution in [1.29, 1.82) is 0 Å². The maximum atomic E-state index is 5.54. The smallest absolute Gasteiger partial charge is 0.0746 e. The third-order valence-electron chi connectivity index (χ3n) is 3.84. The summed E-state index contributed by atoms with van der Waals surface area (Å²) < 4.78 is 6.69. The van der Waals surface area contributed by atoms with Crippen LogP contribution in [0.3, 0.4) is 0 Å². The third-order valence-corrected chi connectivity index (χ3v) is 4.33. The van der Waals surface area contributed by atoms with Crippen LogP contribution in [0.5, 0.6) is 0 Å². The zero-order valence-electron chi connectivity index (χ0n) is 12.5. The Labute approximate surface area is 130 Å². The molecule has 1 aromatic carbocycles. The van der Waals surface area contributed by atoms with Crippen molar-refractivity contribution in [2.24, 2.45) is 0 Å². The Morgan fingerprint density at radius 1 is 1.45 bits per heavy atom. The summed E-state index contributed by atoms with van der Waals surface area (Å²) in [4.78, 5) is 2.46. The van der Waals surface area contributed by atoms with Gasteiger partial charge in [-0.05, 0) is 43.5 Å². The first kappa shape index (κ1) is 15.8. The van der Waals surface area contributed by atoms with E-state index in [4.69, 9.17) is 4.74 Å². The highest BCUT2D eigenvalue weighted by molar-refractivity contribution is 9.10. The van der Waals surface area contributed by atoms with Crippen LogP contribution < -0.4 is 10.2 Å². The molecule has 1 N–H and O–H groups in total. The van der Waals surface area contributed by atoms with Crippen molar-refractivity contribution in [2.45, 2.75) is 38.8 Å². The van der Waals surface area contributed by atoms with E-state index in [9.17, 15) is 0 Å². The van der Waals surface area contributed by atoms with Crippen molar-refractivity contribution in [3.8, 4) is 0 Å². The maximum Gasteiger partial charge on any atom is 0.0746 e. The lowest BCUT2D eigenvalue weighted by Crippen LogP contribution is -2.40. The summed E-state index contributed by atoms with van der Waals surface area (Å²) in [6.07, 6.45) is 3.90. The summed E-state index contributed by atoms with van der Waals surface area (Å²) in [5.41, 5.74) is 2.71. The van der Waals surface area contributed by atoms with Gasteiger partial charge in [0.05, 0.1) is 6.10 Å². The lowest BCUT2D eigenvalue weighted by atomic mass is 10.0. The number of rotatable bonds is 6. The SMILES string of the molecule is CCCNCc1ccc(Br)cc1N1CCCC(OC)C1. The van der Waals surface area contributed by atoms with Crippen LogP contribution in [0.25, 0.3) is 0 Å². The molecule has 1 atom stereocenters. The molecular formula is C16H25BrN2O. The molecule has 0 saturated carbocycles. The molecule has 1 aromatic rings. The summed E-state index contributed by atoms with van der Waals surface area (Å²) in [6.45, 7) is 6.31. The number of anilines is 1. The summed E-state index contributed by atoms with van der Waals surface area (Å²) in [6, 6.07) is 6.59. The second kappa shape index (κ2) is 8.01. The van der Waals surface area contributed by atoms with Crippen LogP contribution in [0, 0.1) is 0 Å². The second-order valence-electron chi connectivity index (χ2n) is 5.40. The van der Waals surface area contributed by atoms with Gasteiger partial charge < -0.3 is 15.0 Å². The topological polar surface area (TPSA) is 24.5 Å². The van der Waals surface area contributed by atoms with Gasteiger partial charge >= 0.3 is 0 Å². The highest BCUT2D eigenvalue weighted by Gasteiger charge is 2.21. The lowest BCUT2D eigenvalue weighted by molar-refractivity contribution is 0.0893. The van der Waals surface area contributed by atoms with Gasteiger partial charge in [-0.1, -0.05) is 28.9 Å². The van der Waals surface area contributed by atoms with Crippen molar-refractivity contribution in [1.82, 2.24) is 5.32 Å². The predicted octanol–water partition coefficient (Wildman–Crippen LogP) is 3.56. The van der Waals surface area contributed by atoms with Crippen molar-refractivity contribution in [3.63, 3.8) is 0 Å². The molecule has 0 amide bonds. The first-order valence-electron chi connectivity index (χ1n) is 7.51. The van der Waals surface area contributed by atoms with Gasteiger partial charge in [-0.2, -0.15) is 0 Å². The molecule has 1 unspecified atom stereocenters. The quantitative estimate of drug-likeness (QED) is 0.801.